The third kappa shape index (κ3) is 6.33. The number of nitrogens with two attached hydrogens (primary N) is 1. The second-order valence-electron chi connectivity index (χ2n) is 4.44. The number of ether oxygens (including phenoxy) is 2. The zero-order chi connectivity index (χ0) is 15.7. The summed E-state index contributed by atoms with van der Waals surface area (Å²) in [4.78, 5) is 11.2. The summed E-state index contributed by atoms with van der Waals surface area (Å²) in [5.74, 6) is 0.609. The number of rotatable bonds is 10. The third-order valence-electron chi connectivity index (χ3n) is 2.80. The van der Waals surface area contributed by atoms with Gasteiger partial charge in [0.15, 0.2) is 0 Å². The van der Waals surface area contributed by atoms with Gasteiger partial charge in [0.1, 0.15) is 10.7 Å². The topological polar surface area (TPSA) is 73.5 Å². The highest BCUT2D eigenvalue weighted by Gasteiger charge is 2.12. The lowest BCUT2D eigenvalue weighted by Crippen LogP contribution is -2.33. The van der Waals surface area contributed by atoms with Gasteiger partial charge >= 0.3 is 0 Å². The van der Waals surface area contributed by atoms with Crippen LogP contribution in [0.5, 0.6) is 0 Å². The Labute approximate surface area is 131 Å². The molecular formula is C14H24N4O2S. The number of nitrogens with zero attached hydrogens (tertiary/aromatic N) is 3. The largest absolute Gasteiger partial charge is 0.388 e. The van der Waals surface area contributed by atoms with Gasteiger partial charge in [0.25, 0.3) is 0 Å². The van der Waals surface area contributed by atoms with Crippen LogP contribution in [0.15, 0.2) is 6.07 Å². The zero-order valence-corrected chi connectivity index (χ0v) is 13.8. The molecule has 0 radical (unpaired) electrons. The van der Waals surface area contributed by atoms with Crippen LogP contribution in [0.4, 0.5) is 5.95 Å². The minimum absolute atomic E-state index is 0.274. The Morgan fingerprint density at radius 3 is 2.24 bits per heavy atom. The van der Waals surface area contributed by atoms with Crippen LogP contribution in [0.3, 0.4) is 0 Å². The van der Waals surface area contributed by atoms with Gasteiger partial charge in [-0.25, -0.2) is 9.97 Å². The van der Waals surface area contributed by atoms with Crippen molar-refractivity contribution in [3.63, 3.8) is 0 Å². The van der Waals surface area contributed by atoms with Crippen LogP contribution in [-0.4, -0.2) is 54.5 Å². The lowest BCUT2D eigenvalue weighted by molar-refractivity contribution is 0.141. The van der Waals surface area contributed by atoms with E-state index >= 15 is 0 Å². The second-order valence-corrected chi connectivity index (χ2v) is 4.88. The fourth-order valence-electron chi connectivity index (χ4n) is 1.77. The maximum Gasteiger partial charge on any atom is 0.226 e. The van der Waals surface area contributed by atoms with Crippen molar-refractivity contribution in [2.45, 2.75) is 20.8 Å². The first kappa shape index (κ1) is 17.7. The molecule has 0 spiro atoms. The molecule has 0 aliphatic rings. The monoisotopic (exact) mass is 312 g/mol. The van der Waals surface area contributed by atoms with Gasteiger partial charge < -0.3 is 20.1 Å². The van der Waals surface area contributed by atoms with E-state index < -0.39 is 0 Å². The lowest BCUT2D eigenvalue weighted by Gasteiger charge is -2.23. The Morgan fingerprint density at radius 1 is 1.19 bits per heavy atom. The summed E-state index contributed by atoms with van der Waals surface area (Å²) in [7, 11) is 0. The summed E-state index contributed by atoms with van der Waals surface area (Å²) < 4.78 is 10.8. The van der Waals surface area contributed by atoms with Crippen molar-refractivity contribution in [1.29, 1.82) is 0 Å². The van der Waals surface area contributed by atoms with Crippen LogP contribution in [0.1, 0.15) is 25.2 Å². The standard InChI is InChI=1S/C14H24N4O2S/c1-4-19-8-6-18(7-9-20-5-2)14-16-11(3)10-12(17-14)13(15)21/h10H,4-9H2,1-3H3,(H2,15,21). The Kier molecular flexibility index (Phi) is 8.11. The molecule has 0 amide bonds. The first-order chi connectivity index (χ1) is 10.1. The second kappa shape index (κ2) is 9.59. The van der Waals surface area contributed by atoms with Gasteiger partial charge in [0.2, 0.25) is 5.95 Å². The van der Waals surface area contributed by atoms with E-state index in [0.717, 1.165) is 5.69 Å². The zero-order valence-electron chi connectivity index (χ0n) is 13.0. The summed E-state index contributed by atoms with van der Waals surface area (Å²) in [5, 5.41) is 0. The van der Waals surface area contributed by atoms with E-state index in [4.69, 9.17) is 27.4 Å². The van der Waals surface area contributed by atoms with Gasteiger partial charge in [-0.2, -0.15) is 0 Å². The average molecular weight is 312 g/mol. The van der Waals surface area contributed by atoms with Crippen LogP contribution in [0.25, 0.3) is 0 Å². The number of anilines is 1. The van der Waals surface area contributed by atoms with Gasteiger partial charge in [0, 0.05) is 32.0 Å². The molecule has 0 atom stereocenters. The third-order valence-corrected chi connectivity index (χ3v) is 3.01. The van der Waals surface area contributed by atoms with Gasteiger partial charge in [-0.3, -0.25) is 0 Å². The Hall–Kier alpha value is -1.31. The average Bonchev–Trinajstić information content (AvgIpc) is 2.45. The van der Waals surface area contributed by atoms with Gasteiger partial charge in [-0.1, -0.05) is 12.2 Å². The summed E-state index contributed by atoms with van der Waals surface area (Å²) in [6, 6.07) is 1.79. The maximum atomic E-state index is 5.67. The highest BCUT2D eigenvalue weighted by Crippen LogP contribution is 2.10. The quantitative estimate of drug-likeness (QED) is 0.515. The highest BCUT2D eigenvalue weighted by atomic mass is 32.1. The minimum atomic E-state index is 0.274. The van der Waals surface area contributed by atoms with Gasteiger partial charge in [-0.05, 0) is 26.8 Å². The molecule has 0 fully saturated rings. The van der Waals surface area contributed by atoms with Crippen molar-refractivity contribution in [2.75, 3.05) is 44.4 Å². The Balaban J connectivity index is 2.86. The van der Waals surface area contributed by atoms with Crippen LogP contribution in [0, 0.1) is 6.92 Å². The number of aromatic nitrogens is 2. The maximum absolute atomic E-state index is 5.67. The summed E-state index contributed by atoms with van der Waals surface area (Å²) in [6.45, 7) is 9.83. The van der Waals surface area contributed by atoms with Crippen LogP contribution < -0.4 is 10.6 Å². The summed E-state index contributed by atoms with van der Waals surface area (Å²) in [6.07, 6.45) is 0. The van der Waals surface area contributed by atoms with E-state index in [0.29, 0.717) is 51.2 Å². The van der Waals surface area contributed by atoms with E-state index in [2.05, 4.69) is 9.97 Å². The van der Waals surface area contributed by atoms with Crippen LogP contribution >= 0.6 is 12.2 Å². The number of hydrogen-bond donors (Lipinski definition) is 1. The van der Waals surface area contributed by atoms with Crippen molar-refractivity contribution in [2.24, 2.45) is 5.73 Å². The normalized spacial score (nSPS) is 10.6. The molecule has 7 heteroatoms. The van der Waals surface area contributed by atoms with Gasteiger partial charge in [0.05, 0.1) is 13.2 Å². The molecule has 1 aromatic rings. The van der Waals surface area contributed by atoms with Crippen molar-refractivity contribution < 1.29 is 9.47 Å². The van der Waals surface area contributed by atoms with E-state index in [1.54, 1.807) is 6.07 Å². The molecule has 0 saturated carbocycles. The SMILES string of the molecule is CCOCCN(CCOCC)c1nc(C)cc(C(N)=S)n1. The highest BCUT2D eigenvalue weighted by molar-refractivity contribution is 7.80. The van der Waals surface area contributed by atoms with E-state index in [1.807, 2.05) is 25.7 Å². The minimum Gasteiger partial charge on any atom is -0.388 e. The molecule has 2 N–H and O–H groups in total. The summed E-state index contributed by atoms with van der Waals surface area (Å²) in [5.41, 5.74) is 7.09. The molecule has 0 saturated heterocycles. The predicted octanol–water partition coefficient (Wildman–Crippen LogP) is 1.30. The van der Waals surface area contributed by atoms with E-state index in [-0.39, 0.29) is 4.99 Å². The molecule has 1 rings (SSSR count). The number of hydrogen-bond acceptors (Lipinski definition) is 6. The van der Waals surface area contributed by atoms with Crippen LogP contribution in [-0.2, 0) is 9.47 Å². The molecule has 0 aromatic carbocycles. The molecule has 21 heavy (non-hydrogen) atoms. The molecule has 1 heterocycles. The van der Waals surface area contributed by atoms with Gasteiger partial charge in [-0.15, -0.1) is 0 Å². The number of thiocarbonyl (C=S) groups is 1. The van der Waals surface area contributed by atoms with Crippen molar-refractivity contribution >= 4 is 23.2 Å². The molecular weight excluding hydrogens is 288 g/mol. The predicted molar refractivity (Wildman–Crippen MR) is 87.9 cm³/mol. The molecule has 0 unspecified atom stereocenters. The number of aryl methyl sites for hydroxylation is 1. The Bertz CT molecular complexity index is 447. The first-order valence-electron chi connectivity index (χ1n) is 7.14. The fourth-order valence-corrected chi connectivity index (χ4v) is 1.88. The molecule has 118 valence electrons. The molecule has 0 aliphatic heterocycles. The lowest BCUT2D eigenvalue weighted by atomic mass is 10.3. The first-order valence-corrected chi connectivity index (χ1v) is 7.55. The molecule has 0 bridgehead atoms. The fraction of sp³-hybridized carbons (Fsp3) is 0.643. The van der Waals surface area contributed by atoms with Crippen molar-refractivity contribution in [3.05, 3.63) is 17.5 Å². The molecule has 6 nitrogen and oxygen atoms in total. The van der Waals surface area contributed by atoms with Crippen molar-refractivity contribution in [3.8, 4) is 0 Å². The van der Waals surface area contributed by atoms with Crippen LogP contribution in [0.2, 0.25) is 0 Å². The van der Waals surface area contributed by atoms with E-state index in [9.17, 15) is 0 Å². The van der Waals surface area contributed by atoms with Crippen molar-refractivity contribution in [1.82, 2.24) is 9.97 Å². The smallest absolute Gasteiger partial charge is 0.226 e. The summed E-state index contributed by atoms with van der Waals surface area (Å²) >= 11 is 5.00. The molecule has 0 aliphatic carbocycles. The van der Waals surface area contributed by atoms with E-state index in [1.165, 1.54) is 0 Å². The molecule has 1 aromatic heterocycles. The Morgan fingerprint density at radius 2 is 1.76 bits per heavy atom.